The van der Waals surface area contributed by atoms with Crippen LogP contribution >= 0.6 is 11.3 Å². The molecule has 0 atom stereocenters. The molecular formula is C22H26N4O8S. The first-order valence-electron chi connectivity index (χ1n) is 10.8. The van der Waals surface area contributed by atoms with E-state index in [-0.39, 0.29) is 27.5 Å². The molecule has 1 N–H and O–H groups in total. The monoisotopic (exact) mass is 506 g/mol. The summed E-state index contributed by atoms with van der Waals surface area (Å²) in [5.41, 5.74) is -0.378. The smallest absolute Gasteiger partial charge is 0.415 e. The number of hydrogen-bond acceptors (Lipinski definition) is 10. The molecule has 1 aliphatic heterocycles. The summed E-state index contributed by atoms with van der Waals surface area (Å²) in [6.07, 6.45) is 1.61. The van der Waals surface area contributed by atoms with Crippen LogP contribution in [-0.4, -0.2) is 52.7 Å². The minimum absolute atomic E-state index is 0.0112. The van der Waals surface area contributed by atoms with E-state index in [1.54, 1.807) is 26.8 Å². The van der Waals surface area contributed by atoms with Crippen molar-refractivity contribution in [3.05, 3.63) is 40.1 Å². The Morgan fingerprint density at radius 2 is 1.94 bits per heavy atom. The molecule has 13 heteroatoms. The minimum Gasteiger partial charge on any atom is -0.443 e. The van der Waals surface area contributed by atoms with Gasteiger partial charge in [0.05, 0.1) is 16.2 Å². The van der Waals surface area contributed by atoms with E-state index in [9.17, 15) is 24.5 Å². The van der Waals surface area contributed by atoms with Crippen molar-refractivity contribution in [2.75, 3.05) is 23.4 Å². The summed E-state index contributed by atoms with van der Waals surface area (Å²) in [6.45, 7) is 7.40. The first-order valence-corrected chi connectivity index (χ1v) is 11.6. The Kier molecular flexibility index (Phi) is 8.02. The van der Waals surface area contributed by atoms with Gasteiger partial charge in [0.25, 0.3) is 5.91 Å². The Morgan fingerprint density at radius 1 is 1.26 bits per heavy atom. The van der Waals surface area contributed by atoms with Crippen LogP contribution in [0.15, 0.2) is 24.4 Å². The van der Waals surface area contributed by atoms with Gasteiger partial charge in [-0.15, -0.1) is 0 Å². The molecule has 0 spiro atoms. The molecule has 0 saturated carbocycles. The average molecular weight is 507 g/mol. The fourth-order valence-electron chi connectivity index (χ4n) is 3.38. The number of thiazole rings is 1. The zero-order chi connectivity index (χ0) is 25.8. The summed E-state index contributed by atoms with van der Waals surface area (Å²) in [5, 5.41) is 13.1. The Hall–Kier alpha value is -3.58. The molecule has 3 rings (SSSR count). The van der Waals surface area contributed by atoms with E-state index in [1.807, 2.05) is 0 Å². The molecular weight excluding hydrogens is 480 g/mol. The fourth-order valence-corrected chi connectivity index (χ4v) is 4.01. The predicted octanol–water partition coefficient (Wildman–Crippen LogP) is 4.15. The van der Waals surface area contributed by atoms with Crippen LogP contribution in [0.4, 0.5) is 20.6 Å². The second-order valence-electron chi connectivity index (χ2n) is 8.68. The normalized spacial score (nSPS) is 14.2. The maximum atomic E-state index is 13.1. The van der Waals surface area contributed by atoms with Crippen LogP contribution in [0, 0.1) is 10.1 Å². The summed E-state index contributed by atoms with van der Waals surface area (Å²) in [7, 11) is 0. The quantitative estimate of drug-likeness (QED) is 0.264. The first-order chi connectivity index (χ1) is 16.4. The third kappa shape index (κ3) is 6.96. The molecule has 0 aliphatic carbocycles. The van der Waals surface area contributed by atoms with Gasteiger partial charge >= 0.3 is 17.1 Å². The highest BCUT2D eigenvalue weighted by atomic mass is 32.1. The zero-order valence-corrected chi connectivity index (χ0v) is 20.5. The third-order valence-corrected chi connectivity index (χ3v) is 5.65. The molecule has 35 heavy (non-hydrogen) atoms. The number of rotatable bonds is 6. The van der Waals surface area contributed by atoms with Gasteiger partial charge in [0.15, 0.2) is 5.13 Å². The highest BCUT2D eigenvalue weighted by molar-refractivity contribution is 7.18. The predicted molar refractivity (Wildman–Crippen MR) is 127 cm³/mol. The van der Waals surface area contributed by atoms with Crippen LogP contribution < -0.4 is 15.0 Å². The Morgan fingerprint density at radius 3 is 2.51 bits per heavy atom. The number of amides is 2. The van der Waals surface area contributed by atoms with Crippen LogP contribution in [0.3, 0.4) is 0 Å². The second kappa shape index (κ2) is 10.8. The maximum Gasteiger partial charge on any atom is 0.415 e. The molecule has 12 nitrogen and oxygen atoms in total. The number of nitro groups is 1. The van der Waals surface area contributed by atoms with Crippen molar-refractivity contribution in [2.45, 2.75) is 52.2 Å². The molecule has 2 amide bonds. The number of carbonyl (C=O) groups excluding carboxylic acids is 3. The summed E-state index contributed by atoms with van der Waals surface area (Å²) >= 11 is 0.689. The Bertz CT molecular complexity index is 1120. The number of carbonyl (C=O) groups is 3. The molecule has 1 aliphatic rings. The van der Waals surface area contributed by atoms with E-state index in [0.29, 0.717) is 43.1 Å². The van der Waals surface area contributed by atoms with Crippen molar-refractivity contribution in [1.29, 1.82) is 0 Å². The van der Waals surface area contributed by atoms with Gasteiger partial charge in [-0.2, -0.15) is 0 Å². The second-order valence-corrected chi connectivity index (χ2v) is 9.69. The molecule has 1 fully saturated rings. The molecule has 1 aromatic carbocycles. The number of ether oxygens (including phenoxy) is 3. The lowest BCUT2D eigenvalue weighted by molar-refractivity contribution is -0.380. The molecule has 0 unspecified atom stereocenters. The van der Waals surface area contributed by atoms with E-state index in [4.69, 9.17) is 14.2 Å². The summed E-state index contributed by atoms with van der Waals surface area (Å²) in [5.74, 6) is -1.44. The van der Waals surface area contributed by atoms with Gasteiger partial charge in [0.2, 0.25) is 0 Å². The lowest BCUT2D eigenvalue weighted by Crippen LogP contribution is -2.46. The van der Waals surface area contributed by atoms with E-state index in [2.05, 4.69) is 10.3 Å². The number of benzene rings is 1. The van der Waals surface area contributed by atoms with Crippen molar-refractivity contribution in [1.82, 2.24) is 4.98 Å². The van der Waals surface area contributed by atoms with Gasteiger partial charge in [0.1, 0.15) is 17.5 Å². The molecule has 0 radical (unpaired) electrons. The van der Waals surface area contributed by atoms with Crippen molar-refractivity contribution in [3.63, 3.8) is 0 Å². The maximum absolute atomic E-state index is 13.1. The third-order valence-electron chi connectivity index (χ3n) is 4.78. The van der Waals surface area contributed by atoms with Crippen molar-refractivity contribution in [3.8, 4) is 5.75 Å². The standard InChI is InChI=1S/C22H26N4O8S/c1-13(27)33-17-11-15(25(14-7-9-32-10-8-14)21(29)34-22(2,3)4)5-6-16(17)19(28)24-20-23-12-18(35-20)26(30)31/h5-6,11-12,14H,7-10H2,1-4H3,(H,23,24,28). The fraction of sp³-hybridized carbons (Fsp3) is 0.455. The molecule has 0 bridgehead atoms. The van der Waals surface area contributed by atoms with Crippen LogP contribution in [0.2, 0.25) is 0 Å². The largest absolute Gasteiger partial charge is 0.443 e. The number of esters is 1. The lowest BCUT2D eigenvalue weighted by atomic mass is 10.1. The van der Waals surface area contributed by atoms with Gasteiger partial charge in [-0.25, -0.2) is 9.78 Å². The number of anilines is 2. The lowest BCUT2D eigenvalue weighted by Gasteiger charge is -2.35. The van der Waals surface area contributed by atoms with Gasteiger partial charge < -0.3 is 14.2 Å². The van der Waals surface area contributed by atoms with Gasteiger partial charge in [-0.1, -0.05) is 0 Å². The van der Waals surface area contributed by atoms with Crippen LogP contribution in [-0.2, 0) is 14.3 Å². The van der Waals surface area contributed by atoms with Crippen LogP contribution in [0.25, 0.3) is 0 Å². The zero-order valence-electron chi connectivity index (χ0n) is 19.7. The number of nitrogens with one attached hydrogen (secondary N) is 1. The SMILES string of the molecule is CC(=O)Oc1cc(N(C(=O)OC(C)(C)C)C2CCOCC2)ccc1C(=O)Nc1ncc([N+](=O)[O-])s1. The van der Waals surface area contributed by atoms with E-state index in [1.165, 1.54) is 24.0 Å². The van der Waals surface area contributed by atoms with Gasteiger partial charge in [0, 0.05) is 32.2 Å². The topological polar surface area (TPSA) is 150 Å². The molecule has 2 heterocycles. The van der Waals surface area contributed by atoms with Gasteiger partial charge in [-0.3, -0.25) is 29.9 Å². The minimum atomic E-state index is -0.741. The molecule has 1 aromatic heterocycles. The van der Waals surface area contributed by atoms with Crippen molar-refractivity contribution >= 4 is 45.1 Å². The molecule has 1 saturated heterocycles. The molecule has 188 valence electrons. The van der Waals surface area contributed by atoms with Crippen LogP contribution in [0.1, 0.15) is 50.9 Å². The molecule has 2 aromatic rings. The number of aromatic nitrogens is 1. The Balaban J connectivity index is 1.95. The van der Waals surface area contributed by atoms with Crippen molar-refractivity contribution < 1.29 is 33.5 Å². The van der Waals surface area contributed by atoms with E-state index in [0.717, 1.165) is 6.20 Å². The summed E-state index contributed by atoms with van der Waals surface area (Å²) in [4.78, 5) is 53.3. The van der Waals surface area contributed by atoms with E-state index < -0.39 is 28.5 Å². The average Bonchev–Trinajstić information content (AvgIpc) is 3.22. The number of nitrogens with zero attached hydrogens (tertiary/aromatic N) is 3. The van der Waals surface area contributed by atoms with E-state index >= 15 is 0 Å². The van der Waals surface area contributed by atoms with Gasteiger partial charge in [-0.05, 0) is 57.1 Å². The Labute approximate surface area is 205 Å². The van der Waals surface area contributed by atoms with Crippen LogP contribution in [0.5, 0.6) is 5.75 Å². The summed E-state index contributed by atoms with van der Waals surface area (Å²) < 4.78 is 16.3. The highest BCUT2D eigenvalue weighted by Gasteiger charge is 2.32. The first kappa shape index (κ1) is 26.0. The summed E-state index contributed by atoms with van der Waals surface area (Å²) in [6, 6.07) is 4.15. The van der Waals surface area contributed by atoms with Crippen molar-refractivity contribution in [2.24, 2.45) is 0 Å². The highest BCUT2D eigenvalue weighted by Crippen LogP contribution is 2.32. The number of hydrogen-bond donors (Lipinski definition) is 1.